The molecular formula is C14H22BrNO. The minimum Gasteiger partial charge on any atom is -0.497 e. The van der Waals surface area contributed by atoms with Crippen LogP contribution < -0.4 is 10.1 Å². The fourth-order valence-corrected chi connectivity index (χ4v) is 2.65. The van der Waals surface area contributed by atoms with Crippen LogP contribution in [0.5, 0.6) is 5.75 Å². The summed E-state index contributed by atoms with van der Waals surface area (Å²) in [5, 5.41) is 4.61. The summed E-state index contributed by atoms with van der Waals surface area (Å²) < 4.78 is 5.14. The van der Waals surface area contributed by atoms with Gasteiger partial charge in [0.2, 0.25) is 0 Å². The number of hydrogen-bond donors (Lipinski definition) is 1. The summed E-state index contributed by atoms with van der Waals surface area (Å²) in [5.74, 6) is 0.918. The summed E-state index contributed by atoms with van der Waals surface area (Å²) in [6, 6.07) is 8.27. The second kappa shape index (κ2) is 7.02. The van der Waals surface area contributed by atoms with Crippen molar-refractivity contribution >= 4 is 15.9 Å². The van der Waals surface area contributed by atoms with Crippen LogP contribution in [0.1, 0.15) is 25.8 Å². The van der Waals surface area contributed by atoms with Gasteiger partial charge in [0.1, 0.15) is 5.75 Å². The molecule has 0 saturated heterocycles. The van der Waals surface area contributed by atoms with Gasteiger partial charge >= 0.3 is 0 Å². The van der Waals surface area contributed by atoms with Gasteiger partial charge in [-0.3, -0.25) is 0 Å². The molecule has 0 aliphatic carbocycles. The second-order valence-electron chi connectivity index (χ2n) is 4.85. The van der Waals surface area contributed by atoms with Gasteiger partial charge in [-0.1, -0.05) is 28.1 Å². The molecule has 3 heteroatoms. The van der Waals surface area contributed by atoms with Gasteiger partial charge in [-0.25, -0.2) is 0 Å². The summed E-state index contributed by atoms with van der Waals surface area (Å²) in [4.78, 5) is 0. The average molecular weight is 300 g/mol. The molecule has 0 spiro atoms. The monoisotopic (exact) mass is 299 g/mol. The smallest absolute Gasteiger partial charge is 0.118 e. The number of benzene rings is 1. The van der Waals surface area contributed by atoms with Crippen molar-refractivity contribution in [3.8, 4) is 5.75 Å². The SMILES string of the molecule is COc1ccc(CCNC(C)(C)CCBr)cc1. The Labute approximate surface area is 113 Å². The molecule has 2 nitrogen and oxygen atoms in total. The van der Waals surface area contributed by atoms with Gasteiger partial charge in [0, 0.05) is 10.9 Å². The van der Waals surface area contributed by atoms with E-state index in [9.17, 15) is 0 Å². The van der Waals surface area contributed by atoms with Crippen LogP contribution in [0.25, 0.3) is 0 Å². The Kier molecular flexibility index (Phi) is 6.00. The van der Waals surface area contributed by atoms with Crippen LogP contribution in [0.15, 0.2) is 24.3 Å². The Balaban J connectivity index is 2.35. The van der Waals surface area contributed by atoms with Crippen molar-refractivity contribution in [2.45, 2.75) is 32.2 Å². The van der Waals surface area contributed by atoms with Gasteiger partial charge in [-0.2, -0.15) is 0 Å². The zero-order valence-electron chi connectivity index (χ0n) is 10.9. The van der Waals surface area contributed by atoms with Crippen molar-refractivity contribution in [2.24, 2.45) is 0 Å². The van der Waals surface area contributed by atoms with Crippen molar-refractivity contribution in [1.82, 2.24) is 5.32 Å². The maximum atomic E-state index is 5.14. The van der Waals surface area contributed by atoms with Crippen LogP contribution in [0.2, 0.25) is 0 Å². The standard InChI is InChI=1S/C14H22BrNO/c1-14(2,9-10-15)16-11-8-12-4-6-13(17-3)7-5-12/h4-7,16H,8-11H2,1-3H3. The molecule has 0 heterocycles. The Morgan fingerprint density at radius 2 is 1.88 bits per heavy atom. The molecule has 0 saturated carbocycles. The van der Waals surface area contributed by atoms with E-state index < -0.39 is 0 Å². The minimum absolute atomic E-state index is 0.204. The van der Waals surface area contributed by atoms with E-state index in [-0.39, 0.29) is 5.54 Å². The van der Waals surface area contributed by atoms with Gasteiger partial charge in [-0.15, -0.1) is 0 Å². The lowest BCUT2D eigenvalue weighted by Crippen LogP contribution is -2.40. The summed E-state index contributed by atoms with van der Waals surface area (Å²) in [5.41, 5.74) is 1.55. The van der Waals surface area contributed by atoms with Gasteiger partial charge < -0.3 is 10.1 Å². The Morgan fingerprint density at radius 3 is 2.41 bits per heavy atom. The summed E-state index contributed by atoms with van der Waals surface area (Å²) >= 11 is 3.48. The van der Waals surface area contributed by atoms with Gasteiger partial charge in [-0.05, 0) is 50.9 Å². The minimum atomic E-state index is 0.204. The maximum absolute atomic E-state index is 5.14. The number of ether oxygens (including phenoxy) is 1. The lowest BCUT2D eigenvalue weighted by molar-refractivity contribution is 0.383. The van der Waals surface area contributed by atoms with E-state index in [0.29, 0.717) is 0 Å². The molecule has 96 valence electrons. The third-order valence-electron chi connectivity index (χ3n) is 2.90. The molecule has 0 aromatic heterocycles. The number of halogens is 1. The largest absolute Gasteiger partial charge is 0.497 e. The highest BCUT2D eigenvalue weighted by molar-refractivity contribution is 9.09. The summed E-state index contributed by atoms with van der Waals surface area (Å²) in [7, 11) is 1.69. The molecule has 0 atom stereocenters. The van der Waals surface area contributed by atoms with Gasteiger partial charge in [0.15, 0.2) is 0 Å². The van der Waals surface area contributed by atoms with Crippen molar-refractivity contribution < 1.29 is 4.74 Å². The molecule has 0 radical (unpaired) electrons. The highest BCUT2D eigenvalue weighted by Crippen LogP contribution is 2.13. The molecule has 0 aliphatic heterocycles. The summed E-state index contributed by atoms with van der Waals surface area (Å²) in [6.07, 6.45) is 2.19. The maximum Gasteiger partial charge on any atom is 0.118 e. The van der Waals surface area contributed by atoms with E-state index in [1.165, 1.54) is 5.56 Å². The van der Waals surface area contributed by atoms with Crippen molar-refractivity contribution in [3.63, 3.8) is 0 Å². The zero-order valence-corrected chi connectivity index (χ0v) is 12.5. The molecular weight excluding hydrogens is 278 g/mol. The third kappa shape index (κ3) is 5.55. The van der Waals surface area contributed by atoms with E-state index in [0.717, 1.165) is 30.5 Å². The molecule has 1 rings (SSSR count). The van der Waals surface area contributed by atoms with E-state index in [1.807, 2.05) is 12.1 Å². The molecule has 0 amide bonds. The van der Waals surface area contributed by atoms with Crippen LogP contribution in [0.3, 0.4) is 0 Å². The Bertz CT molecular complexity index is 321. The first-order valence-corrected chi connectivity index (χ1v) is 7.13. The van der Waals surface area contributed by atoms with Gasteiger partial charge in [0.05, 0.1) is 7.11 Å². The number of alkyl halides is 1. The zero-order chi connectivity index (χ0) is 12.7. The van der Waals surface area contributed by atoms with E-state index in [1.54, 1.807) is 7.11 Å². The quantitative estimate of drug-likeness (QED) is 0.779. The fourth-order valence-electron chi connectivity index (χ4n) is 1.66. The van der Waals surface area contributed by atoms with Crippen molar-refractivity contribution in [2.75, 3.05) is 19.0 Å². The van der Waals surface area contributed by atoms with Crippen LogP contribution in [0.4, 0.5) is 0 Å². The number of nitrogens with one attached hydrogen (secondary N) is 1. The van der Waals surface area contributed by atoms with Crippen LogP contribution in [0, 0.1) is 0 Å². The second-order valence-corrected chi connectivity index (χ2v) is 5.64. The summed E-state index contributed by atoms with van der Waals surface area (Å²) in [6.45, 7) is 5.48. The Morgan fingerprint density at radius 1 is 1.24 bits per heavy atom. The van der Waals surface area contributed by atoms with Crippen LogP contribution in [-0.2, 0) is 6.42 Å². The fraction of sp³-hybridized carbons (Fsp3) is 0.571. The van der Waals surface area contributed by atoms with Crippen LogP contribution in [-0.4, -0.2) is 24.5 Å². The topological polar surface area (TPSA) is 21.3 Å². The highest BCUT2D eigenvalue weighted by atomic mass is 79.9. The van der Waals surface area contributed by atoms with Gasteiger partial charge in [0.25, 0.3) is 0 Å². The predicted molar refractivity (Wildman–Crippen MR) is 77.2 cm³/mol. The lowest BCUT2D eigenvalue weighted by Gasteiger charge is -2.25. The Hall–Kier alpha value is -0.540. The van der Waals surface area contributed by atoms with Crippen molar-refractivity contribution in [1.29, 1.82) is 0 Å². The van der Waals surface area contributed by atoms with Crippen molar-refractivity contribution in [3.05, 3.63) is 29.8 Å². The predicted octanol–water partition coefficient (Wildman–Crippen LogP) is 3.39. The molecule has 1 N–H and O–H groups in total. The third-order valence-corrected chi connectivity index (χ3v) is 3.29. The molecule has 1 aromatic carbocycles. The molecule has 0 unspecified atom stereocenters. The normalized spacial score (nSPS) is 11.5. The molecule has 0 aliphatic rings. The first kappa shape index (κ1) is 14.5. The van der Waals surface area contributed by atoms with E-state index in [4.69, 9.17) is 4.74 Å². The first-order valence-electron chi connectivity index (χ1n) is 6.01. The highest BCUT2D eigenvalue weighted by Gasteiger charge is 2.14. The number of rotatable bonds is 7. The lowest BCUT2D eigenvalue weighted by atomic mass is 10.0. The molecule has 1 aromatic rings. The van der Waals surface area contributed by atoms with E-state index in [2.05, 4.69) is 47.2 Å². The first-order chi connectivity index (χ1) is 8.07. The number of hydrogen-bond acceptors (Lipinski definition) is 2. The number of methoxy groups -OCH3 is 1. The molecule has 0 fully saturated rings. The molecule has 17 heavy (non-hydrogen) atoms. The van der Waals surface area contributed by atoms with Crippen LogP contribution >= 0.6 is 15.9 Å². The molecule has 0 bridgehead atoms. The van der Waals surface area contributed by atoms with E-state index >= 15 is 0 Å². The average Bonchev–Trinajstić information content (AvgIpc) is 2.29.